The molecule has 0 atom stereocenters. The number of rotatable bonds is 7. The third kappa shape index (κ3) is 3.84. The van der Waals surface area contributed by atoms with Gasteiger partial charge in [-0.05, 0) is 50.8 Å². The van der Waals surface area contributed by atoms with Crippen molar-refractivity contribution < 1.29 is 19.0 Å². The Morgan fingerprint density at radius 2 is 2.14 bits per heavy atom. The van der Waals surface area contributed by atoms with Crippen LogP contribution in [0.15, 0.2) is 18.2 Å². The number of aromatic amines is 1. The van der Waals surface area contributed by atoms with Gasteiger partial charge < -0.3 is 9.84 Å². The second-order valence-electron chi connectivity index (χ2n) is 5.19. The fraction of sp³-hybridized carbons (Fsp3) is 0.375. The summed E-state index contributed by atoms with van der Waals surface area (Å²) in [7, 11) is 0. The lowest BCUT2D eigenvalue weighted by molar-refractivity contribution is 0.0696. The van der Waals surface area contributed by atoms with Crippen molar-refractivity contribution in [3.63, 3.8) is 0 Å². The molecule has 0 saturated carbocycles. The van der Waals surface area contributed by atoms with Gasteiger partial charge in [0.2, 0.25) is 0 Å². The molecule has 1 aromatic heterocycles. The van der Waals surface area contributed by atoms with Gasteiger partial charge in [-0.1, -0.05) is 0 Å². The Morgan fingerprint density at radius 1 is 1.36 bits per heavy atom. The van der Waals surface area contributed by atoms with E-state index in [0.717, 1.165) is 36.7 Å². The van der Waals surface area contributed by atoms with Crippen molar-refractivity contribution in [1.29, 1.82) is 0 Å². The second-order valence-corrected chi connectivity index (χ2v) is 5.19. The SMILES string of the molecule is Cc1n[nH]c(C)c1CCCCOc1cc(C(=O)[OH2+])ccc1F. The summed E-state index contributed by atoms with van der Waals surface area (Å²) >= 11 is 0. The zero-order valence-corrected chi connectivity index (χ0v) is 12.7. The van der Waals surface area contributed by atoms with Crippen LogP contribution in [-0.4, -0.2) is 27.9 Å². The standard InChI is InChI=1S/C16H19FN2O3/c1-10-13(11(2)19-18-10)5-3-4-8-22-15-9-12(16(20)21)6-7-14(15)17/h6-7,9H,3-5,8H2,1-2H3,(H,18,19)(H,20,21)/p+1. The van der Waals surface area contributed by atoms with Gasteiger partial charge in [-0.15, -0.1) is 0 Å². The molecule has 2 rings (SSSR count). The average Bonchev–Trinajstić information content (AvgIpc) is 2.80. The molecule has 1 aromatic carbocycles. The summed E-state index contributed by atoms with van der Waals surface area (Å²) in [6, 6.07) is 3.70. The highest BCUT2D eigenvalue weighted by Crippen LogP contribution is 2.19. The van der Waals surface area contributed by atoms with E-state index in [1.165, 1.54) is 17.7 Å². The first-order chi connectivity index (χ1) is 10.5. The fourth-order valence-electron chi connectivity index (χ4n) is 2.28. The number of nitrogens with zero attached hydrogens (tertiary/aromatic N) is 1. The summed E-state index contributed by atoms with van der Waals surface area (Å²) in [6.07, 6.45) is 2.56. The zero-order valence-electron chi connectivity index (χ0n) is 12.7. The molecular weight excluding hydrogens is 287 g/mol. The highest BCUT2D eigenvalue weighted by Gasteiger charge is 2.14. The van der Waals surface area contributed by atoms with E-state index >= 15 is 0 Å². The first-order valence-electron chi connectivity index (χ1n) is 7.17. The highest BCUT2D eigenvalue weighted by atomic mass is 19.1. The molecule has 0 aliphatic rings. The first kappa shape index (κ1) is 16.0. The number of carbonyl (C=O) groups excluding carboxylic acids is 1. The van der Waals surface area contributed by atoms with Crippen LogP contribution in [0.4, 0.5) is 4.39 Å². The van der Waals surface area contributed by atoms with Crippen molar-refractivity contribution in [2.24, 2.45) is 0 Å². The van der Waals surface area contributed by atoms with Gasteiger partial charge in [-0.2, -0.15) is 5.10 Å². The van der Waals surface area contributed by atoms with Crippen molar-refractivity contribution in [2.45, 2.75) is 33.1 Å². The molecule has 0 bridgehead atoms. The zero-order chi connectivity index (χ0) is 16.1. The molecular formula is C16H20FN2O3+. The number of ether oxygens (including phenoxy) is 1. The number of benzene rings is 1. The van der Waals surface area contributed by atoms with Gasteiger partial charge in [-0.25, -0.2) is 4.39 Å². The summed E-state index contributed by atoms with van der Waals surface area (Å²) in [5.74, 6) is -1.35. The Hall–Kier alpha value is -2.37. The number of hydrogen-bond acceptors (Lipinski definition) is 3. The fourth-order valence-corrected chi connectivity index (χ4v) is 2.28. The lowest BCUT2D eigenvalue weighted by Crippen LogP contribution is -2.03. The quantitative estimate of drug-likeness (QED) is 0.630. The predicted octanol–water partition coefficient (Wildman–Crippen LogP) is 2.43. The number of carbonyl (C=O) groups is 1. The van der Waals surface area contributed by atoms with Crippen LogP contribution in [0.1, 0.15) is 40.2 Å². The lowest BCUT2D eigenvalue weighted by Gasteiger charge is -2.07. The van der Waals surface area contributed by atoms with Gasteiger partial charge >= 0.3 is 5.97 Å². The molecule has 0 aliphatic heterocycles. The Bertz CT molecular complexity index is 648. The Balaban J connectivity index is 1.82. The van der Waals surface area contributed by atoms with E-state index in [4.69, 9.17) is 9.84 Å². The normalized spacial score (nSPS) is 10.7. The molecule has 6 heteroatoms. The van der Waals surface area contributed by atoms with Crippen molar-refractivity contribution in [3.8, 4) is 5.75 Å². The molecule has 0 unspecified atom stereocenters. The van der Waals surface area contributed by atoms with E-state index in [-0.39, 0.29) is 11.3 Å². The maximum absolute atomic E-state index is 13.6. The number of aromatic nitrogens is 2. The largest absolute Gasteiger partial charge is 0.561 e. The van der Waals surface area contributed by atoms with Gasteiger partial charge in [0, 0.05) is 16.6 Å². The van der Waals surface area contributed by atoms with Crippen LogP contribution in [-0.2, 0) is 6.42 Å². The van der Waals surface area contributed by atoms with Gasteiger partial charge in [0.1, 0.15) is 5.56 Å². The minimum absolute atomic E-state index is 0.0220. The minimum atomic E-state index is -0.851. The molecule has 0 aliphatic carbocycles. The summed E-state index contributed by atoms with van der Waals surface area (Å²) in [6.45, 7) is 4.32. The van der Waals surface area contributed by atoms with Crippen LogP contribution in [0, 0.1) is 19.7 Å². The molecule has 5 nitrogen and oxygen atoms in total. The average molecular weight is 307 g/mol. The minimum Gasteiger partial charge on any atom is -0.561 e. The third-order valence-corrected chi connectivity index (χ3v) is 3.55. The summed E-state index contributed by atoms with van der Waals surface area (Å²) in [5.41, 5.74) is 3.42. The smallest absolute Gasteiger partial charge is 0.549 e. The molecule has 0 fully saturated rings. The van der Waals surface area contributed by atoms with Gasteiger partial charge in [0.05, 0.1) is 12.3 Å². The van der Waals surface area contributed by atoms with E-state index < -0.39 is 11.8 Å². The second kappa shape index (κ2) is 7.06. The van der Waals surface area contributed by atoms with Crippen LogP contribution in [0.5, 0.6) is 5.75 Å². The number of halogens is 1. The van der Waals surface area contributed by atoms with Gasteiger partial charge in [0.15, 0.2) is 11.6 Å². The van der Waals surface area contributed by atoms with Crippen molar-refractivity contribution in [1.82, 2.24) is 10.2 Å². The molecule has 0 spiro atoms. The molecule has 22 heavy (non-hydrogen) atoms. The van der Waals surface area contributed by atoms with E-state index in [9.17, 15) is 9.18 Å². The van der Waals surface area contributed by atoms with Crippen molar-refractivity contribution in [2.75, 3.05) is 6.61 Å². The van der Waals surface area contributed by atoms with E-state index in [0.29, 0.717) is 6.61 Å². The highest BCUT2D eigenvalue weighted by molar-refractivity contribution is 5.88. The van der Waals surface area contributed by atoms with Crippen LogP contribution < -0.4 is 4.74 Å². The summed E-state index contributed by atoms with van der Waals surface area (Å²) in [5, 5.41) is 14.1. The lowest BCUT2D eigenvalue weighted by atomic mass is 10.1. The Labute approximate surface area is 128 Å². The molecule has 2 aromatic rings. The molecule has 118 valence electrons. The number of hydrogen-bond donors (Lipinski definition) is 1. The number of aryl methyl sites for hydroxylation is 2. The van der Waals surface area contributed by atoms with Crippen LogP contribution in [0.3, 0.4) is 0 Å². The van der Waals surface area contributed by atoms with Gasteiger partial charge in [0.25, 0.3) is 0 Å². The van der Waals surface area contributed by atoms with Crippen molar-refractivity contribution in [3.05, 3.63) is 46.5 Å². The molecule has 1 heterocycles. The van der Waals surface area contributed by atoms with Crippen molar-refractivity contribution >= 4 is 5.97 Å². The maximum Gasteiger partial charge on any atom is 0.549 e. The number of nitrogens with one attached hydrogen (secondary N) is 1. The number of H-pyrrole nitrogens is 1. The van der Waals surface area contributed by atoms with Crippen LogP contribution >= 0.6 is 0 Å². The monoisotopic (exact) mass is 307 g/mol. The molecule has 0 amide bonds. The molecule has 0 radical (unpaired) electrons. The molecule has 0 saturated heterocycles. The topological polar surface area (TPSA) is 77.9 Å². The predicted molar refractivity (Wildman–Crippen MR) is 80.8 cm³/mol. The van der Waals surface area contributed by atoms with E-state index in [1.807, 2.05) is 13.8 Å². The van der Waals surface area contributed by atoms with Gasteiger partial charge in [-0.3, -0.25) is 5.10 Å². The first-order valence-corrected chi connectivity index (χ1v) is 7.17. The van der Waals surface area contributed by atoms with Crippen LogP contribution in [0.2, 0.25) is 0 Å². The summed E-state index contributed by atoms with van der Waals surface area (Å²) < 4.78 is 18.9. The number of unbranched alkanes of at least 4 members (excludes halogenated alkanes) is 1. The maximum atomic E-state index is 13.6. The Morgan fingerprint density at radius 3 is 2.77 bits per heavy atom. The third-order valence-electron chi connectivity index (χ3n) is 3.55. The summed E-state index contributed by atoms with van der Waals surface area (Å²) in [4.78, 5) is 11.0. The van der Waals surface area contributed by atoms with Crippen LogP contribution in [0.25, 0.3) is 0 Å². The Kier molecular flexibility index (Phi) is 5.14. The van der Waals surface area contributed by atoms with E-state index in [1.54, 1.807) is 0 Å². The molecule has 3 N–H and O–H groups in total. The van der Waals surface area contributed by atoms with E-state index in [2.05, 4.69) is 10.2 Å².